The van der Waals surface area contributed by atoms with Crippen molar-refractivity contribution in [3.05, 3.63) is 46.0 Å². The fraction of sp³-hybridized carbons (Fsp3) is 0.421. The van der Waals surface area contributed by atoms with Crippen LogP contribution in [0.25, 0.3) is 0 Å². The molecule has 1 aromatic rings. The minimum atomic E-state index is -0.280. The lowest BCUT2D eigenvalue weighted by atomic mass is 9.85. The van der Waals surface area contributed by atoms with Crippen LogP contribution < -0.4 is 0 Å². The van der Waals surface area contributed by atoms with Crippen LogP contribution in [0, 0.1) is 23.7 Å². The zero-order valence-electron chi connectivity index (χ0n) is 14.2. The van der Waals surface area contributed by atoms with Gasteiger partial charge in [-0.15, -0.1) is 0 Å². The second-order valence-electron chi connectivity index (χ2n) is 7.26. The number of fused-ring (bicyclic) bond motifs is 5. The maximum absolute atomic E-state index is 12.7. The van der Waals surface area contributed by atoms with Gasteiger partial charge in [0.15, 0.2) is 0 Å². The Morgan fingerprint density at radius 3 is 2.31 bits per heavy atom. The number of imide groups is 1. The van der Waals surface area contributed by atoms with Gasteiger partial charge in [-0.25, -0.2) is 0 Å². The maximum atomic E-state index is 12.7. The van der Waals surface area contributed by atoms with Crippen molar-refractivity contribution in [2.75, 3.05) is 13.6 Å². The highest BCUT2D eigenvalue weighted by atomic mass is 35.5. The Kier molecular flexibility index (Phi) is 4.32. The van der Waals surface area contributed by atoms with E-state index in [0.29, 0.717) is 16.6 Å². The third-order valence-electron chi connectivity index (χ3n) is 5.68. The van der Waals surface area contributed by atoms with Gasteiger partial charge in [0.25, 0.3) is 0 Å². The van der Waals surface area contributed by atoms with E-state index in [2.05, 4.69) is 0 Å². The number of halogens is 2. The van der Waals surface area contributed by atoms with E-state index in [1.54, 1.807) is 25.2 Å². The maximum Gasteiger partial charge on any atom is 0.242 e. The number of nitrogens with zero attached hydrogens (tertiary/aromatic N) is 2. The van der Waals surface area contributed by atoms with Crippen LogP contribution >= 0.6 is 23.2 Å². The Hall–Kier alpha value is -1.85. The van der Waals surface area contributed by atoms with E-state index in [1.807, 2.05) is 12.2 Å². The summed E-state index contributed by atoms with van der Waals surface area (Å²) in [6.45, 7) is 0.119. The molecule has 1 saturated carbocycles. The summed E-state index contributed by atoms with van der Waals surface area (Å²) in [5.41, 5.74) is 0.827. The topological polar surface area (TPSA) is 57.7 Å². The van der Waals surface area contributed by atoms with Crippen molar-refractivity contribution in [3.63, 3.8) is 0 Å². The highest BCUT2D eigenvalue weighted by Gasteiger charge is 2.59. The molecule has 0 N–H and O–H groups in total. The predicted octanol–water partition coefficient (Wildman–Crippen LogP) is 2.76. The molecule has 26 heavy (non-hydrogen) atoms. The molecular weight excluding hydrogens is 375 g/mol. The molecule has 2 bridgehead atoms. The monoisotopic (exact) mass is 392 g/mol. The summed E-state index contributed by atoms with van der Waals surface area (Å²) in [5, 5.41) is 0.873. The van der Waals surface area contributed by atoms with Crippen LogP contribution in [0.15, 0.2) is 30.4 Å². The molecule has 136 valence electrons. The van der Waals surface area contributed by atoms with Crippen LogP contribution in [-0.2, 0) is 20.9 Å². The van der Waals surface area contributed by atoms with E-state index in [4.69, 9.17) is 23.2 Å². The van der Waals surface area contributed by atoms with Gasteiger partial charge < -0.3 is 4.90 Å². The first kappa shape index (κ1) is 17.6. The van der Waals surface area contributed by atoms with Gasteiger partial charge in [0.05, 0.1) is 21.9 Å². The lowest BCUT2D eigenvalue weighted by Gasteiger charge is -2.22. The molecule has 2 fully saturated rings. The Balaban J connectivity index is 1.42. The van der Waals surface area contributed by atoms with Gasteiger partial charge in [0.1, 0.15) is 6.54 Å². The van der Waals surface area contributed by atoms with Gasteiger partial charge in [-0.05, 0) is 36.0 Å². The number of likely N-dealkylation sites (tertiary alicyclic amines) is 1. The third-order valence-corrected chi connectivity index (χ3v) is 6.42. The highest BCUT2D eigenvalue weighted by Crippen LogP contribution is 2.52. The lowest BCUT2D eigenvalue weighted by molar-refractivity contribution is -0.146. The van der Waals surface area contributed by atoms with Gasteiger partial charge in [0.2, 0.25) is 17.7 Å². The molecule has 1 aromatic carbocycles. The third kappa shape index (κ3) is 2.74. The zero-order valence-corrected chi connectivity index (χ0v) is 15.7. The molecule has 7 heteroatoms. The number of carbonyl (C=O) groups is 3. The normalized spacial score (nSPS) is 28.8. The van der Waals surface area contributed by atoms with Gasteiger partial charge in [-0.3, -0.25) is 19.3 Å². The van der Waals surface area contributed by atoms with Gasteiger partial charge in [-0.1, -0.05) is 41.4 Å². The van der Waals surface area contributed by atoms with E-state index in [1.165, 1.54) is 4.90 Å². The molecule has 2 aliphatic carbocycles. The average Bonchev–Trinajstić information content (AvgIpc) is 3.28. The molecule has 3 aliphatic rings. The minimum absolute atomic E-state index is 0.149. The van der Waals surface area contributed by atoms with Crippen molar-refractivity contribution in [3.8, 4) is 0 Å². The molecule has 4 rings (SSSR count). The molecule has 1 aliphatic heterocycles. The summed E-state index contributed by atoms with van der Waals surface area (Å²) < 4.78 is 0. The number of rotatable bonds is 4. The molecule has 0 radical (unpaired) electrons. The largest absolute Gasteiger partial charge is 0.340 e. The number of likely N-dealkylation sites (N-methyl/N-ethyl adjacent to an activating group) is 1. The van der Waals surface area contributed by atoms with Crippen LogP contribution in [-0.4, -0.2) is 41.1 Å². The van der Waals surface area contributed by atoms with Crippen LogP contribution in [0.2, 0.25) is 10.0 Å². The van der Waals surface area contributed by atoms with E-state index in [0.717, 1.165) is 16.9 Å². The van der Waals surface area contributed by atoms with Crippen molar-refractivity contribution in [2.24, 2.45) is 23.7 Å². The number of allylic oxidation sites excluding steroid dienone is 2. The molecule has 0 aromatic heterocycles. The van der Waals surface area contributed by atoms with Crippen molar-refractivity contribution in [2.45, 2.75) is 13.0 Å². The lowest BCUT2D eigenvalue weighted by Crippen LogP contribution is -2.42. The first-order valence-electron chi connectivity index (χ1n) is 8.58. The molecule has 1 heterocycles. The summed E-state index contributed by atoms with van der Waals surface area (Å²) in [6.07, 6.45) is 4.96. The summed E-state index contributed by atoms with van der Waals surface area (Å²) >= 11 is 11.9. The fourth-order valence-corrected chi connectivity index (χ4v) is 4.70. The zero-order chi connectivity index (χ0) is 18.6. The van der Waals surface area contributed by atoms with Crippen molar-refractivity contribution < 1.29 is 14.4 Å². The first-order chi connectivity index (χ1) is 12.4. The Bertz CT molecular complexity index is 808. The van der Waals surface area contributed by atoms with Gasteiger partial charge in [0, 0.05) is 13.6 Å². The summed E-state index contributed by atoms with van der Waals surface area (Å²) in [5.74, 6) is -0.929. The predicted molar refractivity (Wildman–Crippen MR) is 97.4 cm³/mol. The van der Waals surface area contributed by atoms with Crippen LogP contribution in [0.5, 0.6) is 0 Å². The number of benzene rings is 1. The number of amides is 3. The standard InChI is InChI=1S/C19H18Cl2N2O3/c1-22(8-10-2-5-13(20)14(21)6-10)15(24)9-23-18(25)16-11-3-4-12(7-11)17(16)19(23)26/h2-6,11-12,16-17H,7-9H2,1H3. The SMILES string of the molecule is CN(Cc1ccc(Cl)c(Cl)c1)C(=O)CN1C(=O)C2C3C=CC(C3)C2C1=O. The van der Waals surface area contributed by atoms with Crippen molar-refractivity contribution in [1.29, 1.82) is 0 Å². The number of hydrogen-bond donors (Lipinski definition) is 0. The molecule has 1 saturated heterocycles. The molecular formula is C19H18Cl2N2O3. The van der Waals surface area contributed by atoms with Gasteiger partial charge >= 0.3 is 0 Å². The van der Waals surface area contributed by atoms with Gasteiger partial charge in [-0.2, -0.15) is 0 Å². The first-order valence-corrected chi connectivity index (χ1v) is 9.34. The molecule has 4 unspecified atom stereocenters. The highest BCUT2D eigenvalue weighted by molar-refractivity contribution is 6.42. The Morgan fingerprint density at radius 2 is 1.73 bits per heavy atom. The second-order valence-corrected chi connectivity index (χ2v) is 8.08. The molecule has 0 spiro atoms. The number of carbonyl (C=O) groups excluding carboxylic acids is 3. The van der Waals surface area contributed by atoms with Crippen LogP contribution in [0.1, 0.15) is 12.0 Å². The average molecular weight is 393 g/mol. The minimum Gasteiger partial charge on any atom is -0.340 e. The summed E-state index contributed by atoms with van der Waals surface area (Å²) in [6, 6.07) is 5.17. The fourth-order valence-electron chi connectivity index (χ4n) is 4.38. The van der Waals surface area contributed by atoms with Crippen LogP contribution in [0.3, 0.4) is 0 Å². The van der Waals surface area contributed by atoms with E-state index < -0.39 is 0 Å². The quantitative estimate of drug-likeness (QED) is 0.584. The molecule has 3 amide bonds. The van der Waals surface area contributed by atoms with Crippen LogP contribution in [0.4, 0.5) is 0 Å². The smallest absolute Gasteiger partial charge is 0.242 e. The number of hydrogen-bond acceptors (Lipinski definition) is 3. The van der Waals surface area contributed by atoms with Crippen molar-refractivity contribution in [1.82, 2.24) is 9.80 Å². The molecule has 4 atom stereocenters. The summed E-state index contributed by atoms with van der Waals surface area (Å²) in [7, 11) is 1.64. The Morgan fingerprint density at radius 1 is 1.12 bits per heavy atom. The van der Waals surface area contributed by atoms with E-state index in [9.17, 15) is 14.4 Å². The van der Waals surface area contributed by atoms with Crippen molar-refractivity contribution >= 4 is 40.9 Å². The van der Waals surface area contributed by atoms with E-state index in [-0.39, 0.29) is 47.9 Å². The second kappa shape index (κ2) is 6.39. The summed E-state index contributed by atoms with van der Waals surface area (Å²) in [4.78, 5) is 40.5. The Labute approximate surface area is 161 Å². The molecule has 5 nitrogen and oxygen atoms in total. The van der Waals surface area contributed by atoms with E-state index >= 15 is 0 Å².